The van der Waals surface area contributed by atoms with Crippen LogP contribution in [0.5, 0.6) is 0 Å². The monoisotopic (exact) mass is 1520 g/mol. The molecule has 6 rings (SSSR count). The molecule has 32 heteroatoms. The van der Waals surface area contributed by atoms with Crippen LogP contribution in [0.4, 0.5) is 26.3 Å². The molecule has 0 unspecified atom stereocenters. The van der Waals surface area contributed by atoms with E-state index >= 15 is 28.8 Å². The number of aryl methyl sites for hydroxylation is 1. The number of amides is 12. The first kappa shape index (κ1) is 86.8. The minimum atomic E-state index is -4.82. The molecule has 2 aliphatic heterocycles. The van der Waals surface area contributed by atoms with Crippen molar-refractivity contribution in [3.8, 4) is 0 Å². The second-order valence-corrected chi connectivity index (χ2v) is 29.8. The molecule has 12 amide bonds. The van der Waals surface area contributed by atoms with Crippen LogP contribution in [0.25, 0.3) is 0 Å². The zero-order valence-corrected chi connectivity index (χ0v) is 64.0. The lowest BCUT2D eigenvalue weighted by Gasteiger charge is -2.42. The molecule has 3 N–H and O–H groups in total. The molecule has 106 heavy (non-hydrogen) atoms. The standard InChI is InChI=1S/C74H107ClF6N12O13/c1-14-34-92-57(40-48-24-28-50(29-25-48)73(76,77)78)68(102)87(8)42-58(94)82-53(31-27-47-26-30-51(52(75)39-47)74(79,80)81)66(100)93-35-20-23-54(93)65(99)84-72(32-18-19-33-72)71(105)91(12)63(49-21-16-17-22-49)70(104)90(11)56(67(101)85(6)36-37-106-13)41-59(95)89(10)55(38-45(3)4)64(98)83-62(46(5)15-2)69(103)88(9)43-60(96)86(7)44-61(92)97/h24-26,28-30,39,45-46,49,53-57,62-63H,14-23,27,31-38,40-44H2,1-13H3,(H,82,94)(H,83,98)(H,84,99)/t46-,53-,54-,55-,56-,57-,62-,63-/m0/s1. The van der Waals surface area contributed by atoms with E-state index in [2.05, 4.69) is 16.0 Å². The summed E-state index contributed by atoms with van der Waals surface area (Å²) >= 11 is 6.14. The summed E-state index contributed by atoms with van der Waals surface area (Å²) in [7, 11) is 10.9. The lowest BCUT2D eigenvalue weighted by molar-refractivity contribution is -0.156. The zero-order chi connectivity index (χ0) is 79.0. The van der Waals surface area contributed by atoms with Gasteiger partial charge in [-0.25, -0.2) is 0 Å². The van der Waals surface area contributed by atoms with Gasteiger partial charge in [-0.3, -0.25) is 57.5 Å². The predicted octanol–water partition coefficient (Wildman–Crippen LogP) is 6.20. The Balaban J connectivity index is 1.48. The Morgan fingerprint density at radius 2 is 1.29 bits per heavy atom. The molecule has 4 aliphatic rings. The van der Waals surface area contributed by atoms with Crippen LogP contribution in [-0.4, -0.2) is 265 Å². The lowest BCUT2D eigenvalue weighted by atomic mass is 9.90. The van der Waals surface area contributed by atoms with Gasteiger partial charge < -0.3 is 64.8 Å². The largest absolute Gasteiger partial charge is 0.417 e. The summed E-state index contributed by atoms with van der Waals surface area (Å²) in [6, 6.07) is -2.95. The van der Waals surface area contributed by atoms with Crippen LogP contribution < -0.4 is 16.0 Å². The van der Waals surface area contributed by atoms with Crippen LogP contribution in [0.2, 0.25) is 5.02 Å². The number of benzene rings is 2. The summed E-state index contributed by atoms with van der Waals surface area (Å²) in [5.41, 5.74) is -3.41. The normalized spacial score (nSPS) is 24.2. The molecule has 2 heterocycles. The molecule has 25 nitrogen and oxygen atoms in total. The average molecular weight is 1520 g/mol. The van der Waals surface area contributed by atoms with Gasteiger partial charge in [-0.05, 0) is 117 Å². The highest BCUT2D eigenvalue weighted by atomic mass is 35.5. The number of nitrogens with zero attached hydrogens (tertiary/aromatic N) is 9. The average Bonchev–Trinajstić information content (AvgIpc) is 1.57. The van der Waals surface area contributed by atoms with E-state index in [1.54, 1.807) is 20.8 Å². The van der Waals surface area contributed by atoms with Crippen LogP contribution in [0.1, 0.15) is 153 Å². The van der Waals surface area contributed by atoms with Crippen LogP contribution in [0, 0.1) is 17.8 Å². The Bertz CT molecular complexity index is 3460. The van der Waals surface area contributed by atoms with E-state index in [1.165, 1.54) is 76.0 Å². The van der Waals surface area contributed by atoms with Crippen molar-refractivity contribution in [3.05, 3.63) is 69.7 Å². The molecule has 8 atom stereocenters. The Morgan fingerprint density at radius 3 is 1.87 bits per heavy atom. The number of hydrogen-bond donors (Lipinski definition) is 3. The minimum Gasteiger partial charge on any atom is -0.383 e. The van der Waals surface area contributed by atoms with Crippen LogP contribution in [-0.2, 0) is 87.5 Å². The van der Waals surface area contributed by atoms with Gasteiger partial charge in [0, 0.05) is 82.5 Å². The predicted molar refractivity (Wildman–Crippen MR) is 381 cm³/mol. The van der Waals surface area contributed by atoms with Crippen molar-refractivity contribution in [2.45, 2.75) is 204 Å². The van der Waals surface area contributed by atoms with Crippen LogP contribution in [0.3, 0.4) is 0 Å². The summed E-state index contributed by atoms with van der Waals surface area (Å²) in [6.07, 6.45) is -6.75. The van der Waals surface area contributed by atoms with Crippen molar-refractivity contribution >= 4 is 82.5 Å². The van der Waals surface area contributed by atoms with Gasteiger partial charge in [-0.2, -0.15) is 26.3 Å². The summed E-state index contributed by atoms with van der Waals surface area (Å²) < 4.78 is 88.7. The third-order valence-corrected chi connectivity index (χ3v) is 21.5. The van der Waals surface area contributed by atoms with Crippen molar-refractivity contribution < 1.29 is 88.6 Å². The molecule has 2 aromatic carbocycles. The Kier molecular flexibility index (Phi) is 31.2. The third-order valence-electron chi connectivity index (χ3n) is 21.2. The van der Waals surface area contributed by atoms with Gasteiger partial charge in [0.2, 0.25) is 70.9 Å². The number of carbonyl (C=O) groups excluding carboxylic acids is 12. The summed E-state index contributed by atoms with van der Waals surface area (Å²) in [5, 5.41) is 7.88. The van der Waals surface area contributed by atoms with Crippen molar-refractivity contribution in [2.24, 2.45) is 17.8 Å². The molecule has 2 aromatic rings. The van der Waals surface area contributed by atoms with E-state index in [0.29, 0.717) is 44.9 Å². The Hall–Kier alpha value is -8.09. The smallest absolute Gasteiger partial charge is 0.383 e. The van der Waals surface area contributed by atoms with Gasteiger partial charge in [0.1, 0.15) is 47.8 Å². The highest BCUT2D eigenvalue weighted by Gasteiger charge is 2.52. The van der Waals surface area contributed by atoms with E-state index < -0.39 is 192 Å². The second-order valence-electron chi connectivity index (χ2n) is 29.4. The number of hydrogen-bond acceptors (Lipinski definition) is 13. The Morgan fingerprint density at radius 1 is 0.679 bits per heavy atom. The van der Waals surface area contributed by atoms with Crippen molar-refractivity contribution in [1.29, 1.82) is 0 Å². The maximum atomic E-state index is 15.7. The maximum absolute atomic E-state index is 15.7. The van der Waals surface area contributed by atoms with E-state index in [-0.39, 0.29) is 94.7 Å². The third kappa shape index (κ3) is 22.1. The number of methoxy groups -OCH3 is 1. The maximum Gasteiger partial charge on any atom is 0.417 e. The fourth-order valence-electron chi connectivity index (χ4n) is 14.7. The summed E-state index contributed by atoms with van der Waals surface area (Å²) in [4.78, 5) is 190. The van der Waals surface area contributed by atoms with Gasteiger partial charge in [0.05, 0.1) is 48.8 Å². The van der Waals surface area contributed by atoms with Crippen molar-refractivity contribution in [1.82, 2.24) is 60.0 Å². The molecule has 2 saturated carbocycles. The number of carbonyl (C=O) groups is 12. The first-order valence-electron chi connectivity index (χ1n) is 36.5. The van der Waals surface area contributed by atoms with Gasteiger partial charge in [-0.1, -0.05) is 96.5 Å². The number of ether oxygens (including phenoxy) is 1. The highest BCUT2D eigenvalue weighted by Crippen LogP contribution is 2.39. The molecular weight excluding hydrogens is 1410 g/mol. The van der Waals surface area contributed by atoms with Crippen LogP contribution >= 0.6 is 11.6 Å². The van der Waals surface area contributed by atoms with E-state index in [1.807, 2.05) is 13.8 Å². The number of nitrogens with one attached hydrogen (secondary N) is 3. The van der Waals surface area contributed by atoms with Crippen molar-refractivity contribution in [3.63, 3.8) is 0 Å². The number of rotatable bonds is 16. The summed E-state index contributed by atoms with van der Waals surface area (Å²) in [6.45, 7) is 6.47. The molecule has 1 spiro atoms. The van der Waals surface area contributed by atoms with E-state index in [0.717, 1.165) is 67.0 Å². The molecule has 2 saturated heterocycles. The SMILES string of the molecule is CCCN1C(=O)CN(C)C(=O)CN(C)C(=O)[C@H]([C@@H](C)CC)NC(=O)[C@H](CC(C)C)N(C)C(=O)C[C@@H](C(=O)N(C)CCOC)N(C)C(=O)[C@H](C2CCCC2)N(C)C(=O)C2(CCCC2)NC(=O)[C@@H]2CCCN2C(=O)[C@H](CCc2ccc(C(F)(F)F)c(Cl)c2)NC(=O)CN(C)C(=O)[C@@H]1Cc1ccc(C(F)(F)F)cc1. The summed E-state index contributed by atoms with van der Waals surface area (Å²) in [5.74, 6) is -10.6. The minimum absolute atomic E-state index is 0.0364. The molecule has 590 valence electrons. The number of alkyl halides is 6. The van der Waals surface area contributed by atoms with Gasteiger partial charge in [0.15, 0.2) is 0 Å². The number of likely N-dealkylation sites (N-methyl/N-ethyl adjacent to an activating group) is 7. The van der Waals surface area contributed by atoms with Gasteiger partial charge in [0.25, 0.3) is 0 Å². The lowest BCUT2D eigenvalue weighted by Crippen LogP contribution is -2.65. The quantitative estimate of drug-likeness (QED) is 0.158. The first-order valence-corrected chi connectivity index (χ1v) is 36.9. The molecule has 4 fully saturated rings. The van der Waals surface area contributed by atoms with E-state index in [9.17, 15) is 55.1 Å². The van der Waals surface area contributed by atoms with Crippen molar-refractivity contribution in [2.75, 3.05) is 102 Å². The molecule has 0 aromatic heterocycles. The highest BCUT2D eigenvalue weighted by molar-refractivity contribution is 6.31. The molecule has 2 aliphatic carbocycles. The molecule has 0 radical (unpaired) electrons. The fraction of sp³-hybridized carbons (Fsp3) is 0.676. The Labute approximate surface area is 622 Å². The van der Waals surface area contributed by atoms with Crippen LogP contribution in [0.15, 0.2) is 42.5 Å². The zero-order valence-electron chi connectivity index (χ0n) is 63.3. The first-order chi connectivity index (χ1) is 49.7. The topological polar surface area (TPSA) is 279 Å². The number of halogens is 7. The second kappa shape index (κ2) is 38.1. The van der Waals surface area contributed by atoms with Gasteiger partial charge in [-0.15, -0.1) is 0 Å². The fourth-order valence-corrected chi connectivity index (χ4v) is 15.0. The molecular formula is C74H107ClF6N12O13. The van der Waals surface area contributed by atoms with Gasteiger partial charge >= 0.3 is 12.4 Å². The van der Waals surface area contributed by atoms with E-state index in [4.69, 9.17) is 16.3 Å². The molecule has 0 bridgehead atoms. The number of fused-ring (bicyclic) bond motifs is 1.